The van der Waals surface area contributed by atoms with Gasteiger partial charge in [0, 0.05) is 0 Å². The van der Waals surface area contributed by atoms with Gasteiger partial charge in [0.25, 0.3) is 0 Å². The zero-order chi connectivity index (χ0) is 14.4. The topological polar surface area (TPSA) is 160 Å². The summed E-state index contributed by atoms with van der Waals surface area (Å²) in [4.78, 5) is 21.4. The molecule has 0 spiro atoms. The molecule has 0 bridgehead atoms. The summed E-state index contributed by atoms with van der Waals surface area (Å²) >= 11 is 0. The summed E-state index contributed by atoms with van der Waals surface area (Å²) in [7, 11) is 0. The molecule has 6 N–H and O–H groups in total. The quantitative estimate of drug-likeness (QED) is 0.398. The lowest BCUT2D eigenvalue weighted by Crippen LogP contribution is -2.33. The van der Waals surface area contributed by atoms with Crippen LogP contribution in [-0.4, -0.2) is 59.8 Å². The van der Waals surface area contributed by atoms with Gasteiger partial charge in [-0.1, -0.05) is 0 Å². The lowest BCUT2D eigenvalue weighted by Gasteiger charge is -2.16. The van der Waals surface area contributed by atoms with Gasteiger partial charge < -0.3 is 25.8 Å². The molecule has 10 nitrogen and oxygen atoms in total. The maximum absolute atomic E-state index is 11.4. The van der Waals surface area contributed by atoms with Gasteiger partial charge in [0.05, 0.1) is 12.9 Å². The molecule has 3 rings (SSSR count). The highest BCUT2D eigenvalue weighted by molar-refractivity contribution is 5.81. The number of H-pyrrole nitrogens is 1. The van der Waals surface area contributed by atoms with Crippen LogP contribution in [0.5, 0.6) is 0 Å². The molecule has 0 unspecified atom stereocenters. The number of hydrogen-bond donors (Lipinski definition) is 5. The van der Waals surface area contributed by atoms with E-state index in [1.165, 1.54) is 10.9 Å². The van der Waals surface area contributed by atoms with Gasteiger partial charge in [-0.25, -0.2) is 9.78 Å². The van der Waals surface area contributed by atoms with Crippen LogP contribution in [0.25, 0.3) is 11.2 Å². The zero-order valence-corrected chi connectivity index (χ0v) is 10.2. The number of anilines is 1. The molecule has 10 heteroatoms. The van der Waals surface area contributed by atoms with Crippen LogP contribution < -0.4 is 11.4 Å². The second kappa shape index (κ2) is 4.52. The third-order valence-electron chi connectivity index (χ3n) is 3.26. The monoisotopic (exact) mass is 283 g/mol. The van der Waals surface area contributed by atoms with Crippen LogP contribution in [0.3, 0.4) is 0 Å². The predicted molar refractivity (Wildman–Crippen MR) is 65.6 cm³/mol. The fourth-order valence-electron chi connectivity index (χ4n) is 2.25. The minimum atomic E-state index is -1.29. The largest absolute Gasteiger partial charge is 0.394 e. The lowest BCUT2D eigenvalue weighted by molar-refractivity contribution is -0.0511. The summed E-state index contributed by atoms with van der Waals surface area (Å²) in [6.45, 7) is -0.447. The summed E-state index contributed by atoms with van der Waals surface area (Å²) in [5.74, 6) is 0.0468. The van der Waals surface area contributed by atoms with Crippen molar-refractivity contribution in [1.29, 1.82) is 0 Å². The van der Waals surface area contributed by atoms with Crippen molar-refractivity contribution >= 4 is 17.0 Å². The maximum Gasteiger partial charge on any atom is 0.348 e. The van der Waals surface area contributed by atoms with E-state index >= 15 is 0 Å². The molecule has 1 aliphatic rings. The van der Waals surface area contributed by atoms with Gasteiger partial charge >= 0.3 is 5.69 Å². The number of aliphatic hydroxyl groups excluding tert-OH is 3. The van der Waals surface area contributed by atoms with Gasteiger partial charge in [0.2, 0.25) is 0 Å². The number of aliphatic hydroxyl groups is 3. The van der Waals surface area contributed by atoms with Gasteiger partial charge in [-0.15, -0.1) is 0 Å². The first-order valence-corrected chi connectivity index (χ1v) is 5.87. The molecule has 1 fully saturated rings. The summed E-state index contributed by atoms with van der Waals surface area (Å²) in [5.41, 5.74) is 5.34. The number of imidazole rings is 1. The van der Waals surface area contributed by atoms with E-state index in [-0.39, 0.29) is 17.0 Å². The van der Waals surface area contributed by atoms with Crippen LogP contribution in [0.2, 0.25) is 0 Å². The Labute approximate surface area is 111 Å². The van der Waals surface area contributed by atoms with Gasteiger partial charge in [0.1, 0.15) is 29.6 Å². The summed E-state index contributed by atoms with van der Waals surface area (Å²) in [6, 6.07) is 0. The second-order valence-corrected chi connectivity index (χ2v) is 4.51. The van der Waals surface area contributed by atoms with Gasteiger partial charge in [0.15, 0.2) is 11.9 Å². The number of nitrogens with one attached hydrogen (secondary N) is 1. The number of nitrogens with two attached hydrogens (primary N) is 1. The van der Waals surface area contributed by atoms with Gasteiger partial charge in [-0.05, 0) is 0 Å². The first-order valence-electron chi connectivity index (χ1n) is 5.87. The van der Waals surface area contributed by atoms with Crippen molar-refractivity contribution in [3.63, 3.8) is 0 Å². The number of aromatic nitrogens is 4. The molecule has 2 aromatic rings. The summed E-state index contributed by atoms with van der Waals surface area (Å²) < 4.78 is 6.64. The Kier molecular flexibility index (Phi) is 2.94. The Morgan fingerprint density at radius 1 is 1.45 bits per heavy atom. The average molecular weight is 283 g/mol. The lowest BCUT2D eigenvalue weighted by atomic mass is 10.1. The molecular formula is C10H13N5O5. The van der Waals surface area contributed by atoms with Crippen LogP contribution >= 0.6 is 0 Å². The summed E-state index contributed by atoms with van der Waals surface area (Å²) in [6.07, 6.45) is -3.18. The molecule has 2 aromatic heterocycles. The van der Waals surface area contributed by atoms with E-state index in [1.54, 1.807) is 0 Å². The Bertz CT molecular complexity index is 697. The van der Waals surface area contributed by atoms with Crippen molar-refractivity contribution in [3.05, 3.63) is 16.8 Å². The van der Waals surface area contributed by atoms with E-state index in [0.717, 1.165) is 0 Å². The minimum absolute atomic E-state index is 0.0468. The normalized spacial score (nSPS) is 30.1. The van der Waals surface area contributed by atoms with Crippen molar-refractivity contribution in [3.8, 4) is 0 Å². The van der Waals surface area contributed by atoms with E-state index in [2.05, 4.69) is 15.0 Å². The molecule has 108 valence electrons. The van der Waals surface area contributed by atoms with E-state index in [1.807, 2.05) is 0 Å². The van der Waals surface area contributed by atoms with Gasteiger partial charge in [-0.3, -0.25) is 9.55 Å². The molecule has 0 aliphatic carbocycles. The van der Waals surface area contributed by atoms with E-state index < -0.39 is 36.8 Å². The Morgan fingerprint density at radius 3 is 2.85 bits per heavy atom. The second-order valence-electron chi connectivity index (χ2n) is 4.51. The molecule has 0 saturated carbocycles. The molecule has 1 saturated heterocycles. The van der Waals surface area contributed by atoms with Crippen molar-refractivity contribution in [2.24, 2.45) is 0 Å². The predicted octanol–water partition coefficient (Wildman–Crippen LogP) is -2.69. The molecule has 0 aromatic carbocycles. The van der Waals surface area contributed by atoms with Crippen LogP contribution in [0, 0.1) is 0 Å². The standard InChI is InChI=1S/C10H13N5O5/c11-7-4-8(14-10(19)13-7)15(2-12-4)9-6(18)5(17)3(1-16)20-9/h2-3,5-6,9,16-18H,1H2,(H3,11,13,14,19)/t3-,5+,6+,9-/m1/s1. The average Bonchev–Trinajstić information content (AvgIpc) is 2.93. The fraction of sp³-hybridized carbons (Fsp3) is 0.500. The molecule has 4 atom stereocenters. The maximum atomic E-state index is 11.4. The smallest absolute Gasteiger partial charge is 0.348 e. The van der Waals surface area contributed by atoms with Crippen molar-refractivity contribution in [2.75, 3.05) is 12.3 Å². The minimum Gasteiger partial charge on any atom is -0.394 e. The number of ether oxygens (including phenoxy) is 1. The number of aromatic amines is 1. The third kappa shape index (κ3) is 1.78. The van der Waals surface area contributed by atoms with Crippen LogP contribution in [0.4, 0.5) is 5.82 Å². The van der Waals surface area contributed by atoms with E-state index in [0.29, 0.717) is 0 Å². The third-order valence-corrected chi connectivity index (χ3v) is 3.26. The Balaban J connectivity index is 2.09. The SMILES string of the molecule is Nc1[nH]c(=O)nc2c1ncn2[C@@H]1O[C@H](CO)[C@H](O)[C@@H]1O. The van der Waals surface area contributed by atoms with Crippen LogP contribution in [0.15, 0.2) is 11.1 Å². The number of hydrogen-bond acceptors (Lipinski definition) is 8. The van der Waals surface area contributed by atoms with Crippen LogP contribution in [0.1, 0.15) is 6.23 Å². The van der Waals surface area contributed by atoms with Crippen LogP contribution in [-0.2, 0) is 4.74 Å². The van der Waals surface area contributed by atoms with Crippen molar-refractivity contribution in [2.45, 2.75) is 24.5 Å². The molecule has 0 radical (unpaired) electrons. The number of nitrogens with zero attached hydrogens (tertiary/aromatic N) is 3. The highest BCUT2D eigenvalue weighted by Gasteiger charge is 2.44. The number of fused-ring (bicyclic) bond motifs is 1. The number of rotatable bonds is 2. The Hall–Kier alpha value is -2.01. The van der Waals surface area contributed by atoms with Crippen molar-refractivity contribution < 1.29 is 20.1 Å². The Morgan fingerprint density at radius 2 is 2.20 bits per heavy atom. The molecule has 1 aliphatic heterocycles. The fourth-order valence-corrected chi connectivity index (χ4v) is 2.25. The molecule has 20 heavy (non-hydrogen) atoms. The first kappa shape index (κ1) is 13.0. The molecule has 0 amide bonds. The van der Waals surface area contributed by atoms with E-state index in [9.17, 15) is 15.0 Å². The zero-order valence-electron chi connectivity index (χ0n) is 10.2. The highest BCUT2D eigenvalue weighted by atomic mass is 16.6. The first-order chi connectivity index (χ1) is 9.52. The molecule has 3 heterocycles. The van der Waals surface area contributed by atoms with Crippen molar-refractivity contribution in [1.82, 2.24) is 19.5 Å². The summed E-state index contributed by atoms with van der Waals surface area (Å²) in [5, 5.41) is 28.7. The molecular weight excluding hydrogens is 270 g/mol. The van der Waals surface area contributed by atoms with E-state index in [4.69, 9.17) is 15.6 Å². The number of nitrogen functional groups attached to an aromatic ring is 1. The highest BCUT2D eigenvalue weighted by Crippen LogP contribution is 2.31. The van der Waals surface area contributed by atoms with Gasteiger partial charge in [-0.2, -0.15) is 4.98 Å².